The van der Waals surface area contributed by atoms with E-state index in [-0.39, 0.29) is 146 Å². The van der Waals surface area contributed by atoms with E-state index in [1.54, 1.807) is 0 Å². The van der Waals surface area contributed by atoms with E-state index in [9.17, 15) is 43.2 Å². The second kappa shape index (κ2) is 81.6. The van der Waals surface area contributed by atoms with Crippen LogP contribution in [0.3, 0.4) is 0 Å². The van der Waals surface area contributed by atoms with Crippen LogP contribution >= 0.6 is 0 Å². The molecule has 5 amide bonds. The fourth-order valence-electron chi connectivity index (χ4n) is 13.0. The molecule has 0 fully saturated rings. The van der Waals surface area contributed by atoms with E-state index in [2.05, 4.69) is 43.6 Å². The molecule has 0 saturated heterocycles. The number of amides is 5. The molecule has 0 spiro atoms. The largest absolute Gasteiger partial charge is 0.464 e. The van der Waals surface area contributed by atoms with Crippen molar-refractivity contribution in [2.45, 2.75) is 400 Å². The molecule has 0 saturated carbocycles. The first-order valence-corrected chi connectivity index (χ1v) is 44.6. The number of esters is 4. The number of rotatable bonds is 84. The summed E-state index contributed by atoms with van der Waals surface area (Å²) in [7, 11) is 0. The van der Waals surface area contributed by atoms with Crippen molar-refractivity contribution in [2.75, 3.05) is 105 Å². The molecule has 0 heterocycles. The molecule has 0 aliphatic heterocycles. The van der Waals surface area contributed by atoms with E-state index in [4.69, 9.17) is 33.2 Å². The van der Waals surface area contributed by atoms with E-state index in [1.165, 1.54) is 190 Å². The summed E-state index contributed by atoms with van der Waals surface area (Å²) in [6, 6.07) is -0.963. The number of hydrogen-bond donors (Lipinski definition) is 3. The number of nitrogens with one attached hydrogen (secondary N) is 3. The zero-order valence-electron chi connectivity index (χ0n) is 69.9. The summed E-state index contributed by atoms with van der Waals surface area (Å²) < 4.78 is 38.8. The number of unbranched alkanes of at least 4 members (excludes halogenated alkanes) is 41. The minimum atomic E-state index is -0.963. The summed E-state index contributed by atoms with van der Waals surface area (Å²) in [5.41, 5.74) is 0. The van der Waals surface area contributed by atoms with Crippen LogP contribution in [-0.4, -0.2) is 175 Å². The fraction of sp³-hybridized carbons (Fsp3) is 0.897. The molecule has 21 heteroatoms. The third kappa shape index (κ3) is 72.6. The monoisotopic (exact) mass is 1530 g/mol. The Bertz CT molecular complexity index is 2050. The zero-order valence-corrected chi connectivity index (χ0v) is 69.9. The first-order chi connectivity index (χ1) is 52.8. The average molecular weight is 1540 g/mol. The molecule has 108 heavy (non-hydrogen) atoms. The molecule has 0 rings (SSSR count). The van der Waals surface area contributed by atoms with Gasteiger partial charge < -0.3 is 58.9 Å². The Labute approximate surface area is 658 Å². The van der Waals surface area contributed by atoms with Crippen molar-refractivity contribution in [3.8, 4) is 0 Å². The quantitative estimate of drug-likeness (QED) is 0.0290. The smallest absolute Gasteiger partial charge is 0.305 e. The maximum Gasteiger partial charge on any atom is 0.305 e. The van der Waals surface area contributed by atoms with E-state index >= 15 is 0 Å². The fourth-order valence-corrected chi connectivity index (χ4v) is 13.0. The van der Waals surface area contributed by atoms with Crippen LogP contribution in [0.5, 0.6) is 0 Å². The molecule has 0 aromatic heterocycles. The van der Waals surface area contributed by atoms with Gasteiger partial charge in [-0.05, 0) is 58.3 Å². The summed E-state index contributed by atoms with van der Waals surface area (Å²) in [5.74, 6) is -3.31. The topological polar surface area (TPSA) is 261 Å². The molecule has 1 atom stereocenters. The number of carbonyl (C=O) groups excluding carboxylic acids is 9. The van der Waals surface area contributed by atoms with Crippen molar-refractivity contribution >= 4 is 53.4 Å². The Morgan fingerprint density at radius 3 is 0.852 bits per heavy atom. The highest BCUT2D eigenvalue weighted by Crippen LogP contribution is 2.18. The Hall–Kier alpha value is -4.89. The third-order valence-corrected chi connectivity index (χ3v) is 19.9. The lowest BCUT2D eigenvalue weighted by molar-refractivity contribution is -0.148. The van der Waals surface area contributed by atoms with Gasteiger partial charge in [-0.3, -0.25) is 43.2 Å². The molecule has 0 radical (unpaired) electrons. The highest BCUT2D eigenvalue weighted by atomic mass is 16.6. The van der Waals surface area contributed by atoms with Crippen LogP contribution in [0.15, 0.2) is 0 Å². The van der Waals surface area contributed by atoms with Crippen LogP contribution in [0.25, 0.3) is 0 Å². The van der Waals surface area contributed by atoms with Gasteiger partial charge in [0, 0.05) is 77.7 Å². The highest BCUT2D eigenvalue weighted by Gasteiger charge is 2.24. The molecule has 0 aromatic carbocycles. The van der Waals surface area contributed by atoms with Crippen LogP contribution in [-0.2, 0) is 76.3 Å². The summed E-state index contributed by atoms with van der Waals surface area (Å²) in [4.78, 5) is 122. The van der Waals surface area contributed by atoms with E-state index in [0.717, 1.165) is 103 Å². The molecule has 632 valence electrons. The van der Waals surface area contributed by atoms with Crippen molar-refractivity contribution in [3.05, 3.63) is 0 Å². The Kier molecular flexibility index (Phi) is 77.9. The number of ether oxygens (including phenoxy) is 7. The Morgan fingerprint density at radius 1 is 0.259 bits per heavy atom. The lowest BCUT2D eigenvalue weighted by atomic mass is 10.1. The summed E-state index contributed by atoms with van der Waals surface area (Å²) in [6.45, 7) is 14.3. The predicted molar refractivity (Wildman–Crippen MR) is 434 cm³/mol. The van der Waals surface area contributed by atoms with Crippen LogP contribution < -0.4 is 16.0 Å². The number of nitrogens with zero attached hydrogens (tertiary/aromatic N) is 2. The summed E-state index contributed by atoms with van der Waals surface area (Å²) in [5, 5.41) is 8.63. The van der Waals surface area contributed by atoms with Crippen molar-refractivity contribution in [1.29, 1.82) is 0 Å². The van der Waals surface area contributed by atoms with Gasteiger partial charge in [0.2, 0.25) is 29.5 Å². The van der Waals surface area contributed by atoms with Crippen LogP contribution in [0.4, 0.5) is 0 Å². The maximum absolute atomic E-state index is 13.9. The van der Waals surface area contributed by atoms with Crippen molar-refractivity contribution in [2.24, 2.45) is 0 Å². The Balaban J connectivity index is 5.75. The predicted octanol–water partition coefficient (Wildman–Crippen LogP) is 18.5. The van der Waals surface area contributed by atoms with Crippen LogP contribution in [0, 0.1) is 0 Å². The second-order valence-electron chi connectivity index (χ2n) is 29.8. The van der Waals surface area contributed by atoms with Crippen molar-refractivity contribution in [3.63, 3.8) is 0 Å². The Morgan fingerprint density at radius 2 is 0.537 bits per heavy atom. The van der Waals surface area contributed by atoms with Gasteiger partial charge in [-0.2, -0.15) is 0 Å². The van der Waals surface area contributed by atoms with Crippen LogP contribution in [0.2, 0.25) is 0 Å². The van der Waals surface area contributed by atoms with E-state index in [1.807, 2.05) is 6.92 Å². The molecular weight excluding hydrogens is 1370 g/mol. The van der Waals surface area contributed by atoms with Gasteiger partial charge in [0.15, 0.2) is 0 Å². The van der Waals surface area contributed by atoms with Gasteiger partial charge in [0.05, 0.1) is 52.6 Å². The van der Waals surface area contributed by atoms with Crippen LogP contribution in [0.1, 0.15) is 394 Å². The van der Waals surface area contributed by atoms with Gasteiger partial charge in [-0.15, -0.1) is 0 Å². The van der Waals surface area contributed by atoms with Gasteiger partial charge in [0.1, 0.15) is 32.5 Å². The zero-order chi connectivity index (χ0) is 78.9. The number of carbonyl (C=O) groups is 9. The second-order valence-corrected chi connectivity index (χ2v) is 29.8. The SMILES string of the molecule is CCCCCCCCCCCCCC(=O)OCCN(CCOC(=O)CCCCCCCCCCCCC)C(=O)CCC(=O)NCCCC[C@H](NC(=O)CCC(=O)N(CCOC(=O)CCCCCCCCCCCCC)CCOC(=O)CCCCCCCCCCCCC)C(=O)NCCCOCCOCCOCC. The molecule has 0 bridgehead atoms. The van der Waals surface area contributed by atoms with E-state index < -0.39 is 23.8 Å². The van der Waals surface area contributed by atoms with Crippen molar-refractivity contribution in [1.82, 2.24) is 25.8 Å². The average Bonchev–Trinajstić information content (AvgIpc) is 0.926. The standard InChI is InChI=1S/C87H163N5O16/c1-6-11-15-19-23-27-31-35-39-43-47-55-83(97)105-70-65-91(66-71-106-84(98)56-48-44-40-36-32-28-24-20-16-12-7-2)81(95)61-59-79(93)88-63-52-51-54-78(87(101)89-64-53-69-103-76-77-104-75-74-102-10-5)90-80(94)60-62-82(96)92(67-72-107-85(99)57-49-45-41-37-33-29-25-21-17-13-8-3)68-73-108-86(100)58-50-46-42-38-34-30-26-22-18-14-9-4/h78H,6-77H2,1-5H3,(H,88,93)(H,89,101)(H,90,94)/t78-/m0/s1. The highest BCUT2D eigenvalue weighted by molar-refractivity contribution is 5.89. The minimum absolute atomic E-state index is 0.0168. The summed E-state index contributed by atoms with van der Waals surface area (Å²) >= 11 is 0. The van der Waals surface area contributed by atoms with Crippen molar-refractivity contribution < 1.29 is 76.3 Å². The lowest BCUT2D eigenvalue weighted by Gasteiger charge is -2.23. The molecular formula is C87H163N5O16. The number of hydrogen-bond acceptors (Lipinski definition) is 16. The normalized spacial score (nSPS) is 11.5. The lowest BCUT2D eigenvalue weighted by Crippen LogP contribution is -2.47. The molecule has 0 aliphatic rings. The maximum atomic E-state index is 13.9. The van der Waals surface area contributed by atoms with Gasteiger partial charge >= 0.3 is 23.9 Å². The first-order valence-electron chi connectivity index (χ1n) is 44.6. The molecule has 0 aliphatic carbocycles. The minimum Gasteiger partial charge on any atom is -0.464 e. The first kappa shape index (κ1) is 103. The van der Waals surface area contributed by atoms with E-state index in [0.29, 0.717) is 71.7 Å². The molecule has 0 aromatic rings. The molecule has 3 N–H and O–H groups in total. The summed E-state index contributed by atoms with van der Waals surface area (Å²) in [6.07, 6.45) is 53.5. The van der Waals surface area contributed by atoms with Gasteiger partial charge in [-0.1, -0.05) is 285 Å². The van der Waals surface area contributed by atoms with Gasteiger partial charge in [-0.25, -0.2) is 0 Å². The third-order valence-electron chi connectivity index (χ3n) is 19.9. The molecule has 21 nitrogen and oxygen atoms in total. The molecule has 0 unspecified atom stereocenters. The van der Waals surface area contributed by atoms with Gasteiger partial charge in [0.25, 0.3) is 0 Å².